The first-order chi connectivity index (χ1) is 8.46. The van der Waals surface area contributed by atoms with Crippen molar-refractivity contribution in [2.24, 2.45) is 5.92 Å². The molecule has 2 fully saturated rings. The topological polar surface area (TPSA) is 41.1 Å². The number of carbonyl (C=O) groups is 1. The van der Waals surface area contributed by atoms with E-state index in [4.69, 9.17) is 0 Å². The van der Waals surface area contributed by atoms with Gasteiger partial charge in [0, 0.05) is 37.4 Å². The maximum Gasteiger partial charge on any atom is 0.248 e. The summed E-state index contributed by atoms with van der Waals surface area (Å²) < 4.78 is 26.0. The van der Waals surface area contributed by atoms with Crippen molar-refractivity contribution < 1.29 is 13.6 Å². The molecule has 104 valence electrons. The zero-order valence-corrected chi connectivity index (χ0v) is 10.8. The summed E-state index contributed by atoms with van der Waals surface area (Å²) in [7, 11) is 0. The van der Waals surface area contributed by atoms with Crippen molar-refractivity contribution in [2.45, 2.75) is 63.5 Å². The van der Waals surface area contributed by atoms with Crippen LogP contribution in [0.1, 0.15) is 45.4 Å². The second kappa shape index (κ2) is 5.51. The number of carbonyl (C=O) groups excluding carboxylic acids is 1. The number of rotatable bonds is 2. The Hall–Kier alpha value is -0.710. The Morgan fingerprint density at radius 1 is 1.22 bits per heavy atom. The Morgan fingerprint density at radius 2 is 1.89 bits per heavy atom. The van der Waals surface area contributed by atoms with Crippen molar-refractivity contribution in [3.05, 3.63) is 0 Å². The monoisotopic (exact) mass is 260 g/mol. The van der Waals surface area contributed by atoms with Gasteiger partial charge < -0.3 is 10.6 Å². The predicted octanol–water partition coefficient (Wildman–Crippen LogP) is 2.07. The second-order valence-electron chi connectivity index (χ2n) is 5.72. The molecular formula is C13H22F2N2O. The fourth-order valence-electron chi connectivity index (χ4n) is 2.74. The highest BCUT2D eigenvalue weighted by Gasteiger charge is 2.37. The largest absolute Gasteiger partial charge is 0.352 e. The van der Waals surface area contributed by atoms with Crippen LogP contribution in [-0.2, 0) is 4.79 Å². The average Bonchev–Trinajstić information content (AvgIpc) is 2.32. The number of amides is 1. The van der Waals surface area contributed by atoms with Crippen LogP contribution in [0.4, 0.5) is 8.78 Å². The Kier molecular flexibility index (Phi) is 4.20. The Bertz CT molecular complexity index is 291. The summed E-state index contributed by atoms with van der Waals surface area (Å²) in [5.74, 6) is -2.81. The van der Waals surface area contributed by atoms with Gasteiger partial charge >= 0.3 is 0 Å². The third-order valence-electron chi connectivity index (χ3n) is 4.10. The Balaban J connectivity index is 1.75. The molecule has 0 radical (unpaired) electrons. The second-order valence-corrected chi connectivity index (χ2v) is 5.72. The van der Waals surface area contributed by atoms with Crippen molar-refractivity contribution in [1.82, 2.24) is 10.6 Å². The molecule has 1 amide bonds. The van der Waals surface area contributed by atoms with E-state index in [9.17, 15) is 13.6 Å². The van der Waals surface area contributed by atoms with Crippen molar-refractivity contribution >= 4 is 5.91 Å². The zero-order chi connectivity index (χ0) is 13.2. The van der Waals surface area contributed by atoms with Gasteiger partial charge in [-0.2, -0.15) is 0 Å². The average molecular weight is 260 g/mol. The van der Waals surface area contributed by atoms with Gasteiger partial charge in [0.2, 0.25) is 11.8 Å². The lowest BCUT2D eigenvalue weighted by atomic mass is 9.86. The fraction of sp³-hybridized carbons (Fsp3) is 0.923. The van der Waals surface area contributed by atoms with Gasteiger partial charge in [-0.3, -0.25) is 4.79 Å². The van der Waals surface area contributed by atoms with Gasteiger partial charge in [0.25, 0.3) is 0 Å². The smallest absolute Gasteiger partial charge is 0.248 e. The van der Waals surface area contributed by atoms with Gasteiger partial charge in [0.1, 0.15) is 0 Å². The molecule has 0 bridgehead atoms. The fourth-order valence-corrected chi connectivity index (χ4v) is 2.74. The number of alkyl halides is 2. The summed E-state index contributed by atoms with van der Waals surface area (Å²) in [5.41, 5.74) is 0. The molecular weight excluding hydrogens is 238 g/mol. The highest BCUT2D eigenvalue weighted by atomic mass is 19.3. The number of hydrogen-bond acceptors (Lipinski definition) is 2. The van der Waals surface area contributed by atoms with Crippen LogP contribution >= 0.6 is 0 Å². The van der Waals surface area contributed by atoms with Gasteiger partial charge in [0.15, 0.2) is 0 Å². The molecule has 3 nitrogen and oxygen atoms in total. The number of hydrogen-bond donors (Lipinski definition) is 2. The first kappa shape index (κ1) is 13.7. The van der Waals surface area contributed by atoms with Crippen LogP contribution in [0.3, 0.4) is 0 Å². The Labute approximate surface area is 107 Å². The Morgan fingerprint density at radius 3 is 2.44 bits per heavy atom. The molecule has 1 saturated carbocycles. The van der Waals surface area contributed by atoms with E-state index in [1.165, 1.54) is 0 Å². The van der Waals surface area contributed by atoms with Crippen molar-refractivity contribution in [1.29, 1.82) is 0 Å². The van der Waals surface area contributed by atoms with Crippen LogP contribution in [0.2, 0.25) is 0 Å². The lowest BCUT2D eigenvalue weighted by Gasteiger charge is -2.32. The molecule has 18 heavy (non-hydrogen) atoms. The van der Waals surface area contributed by atoms with E-state index in [1.54, 1.807) is 0 Å². The van der Waals surface area contributed by atoms with Gasteiger partial charge in [0.05, 0.1) is 0 Å². The summed E-state index contributed by atoms with van der Waals surface area (Å²) in [6.07, 6.45) is 2.36. The minimum Gasteiger partial charge on any atom is -0.352 e. The minimum absolute atomic E-state index is 0.0353. The van der Waals surface area contributed by atoms with Crippen molar-refractivity contribution in [3.63, 3.8) is 0 Å². The molecule has 2 N–H and O–H groups in total. The first-order valence-corrected chi connectivity index (χ1v) is 6.88. The van der Waals surface area contributed by atoms with Crippen molar-refractivity contribution in [3.8, 4) is 0 Å². The molecule has 2 unspecified atom stereocenters. The van der Waals surface area contributed by atoms with Crippen molar-refractivity contribution in [2.75, 3.05) is 6.54 Å². The van der Waals surface area contributed by atoms with Crippen LogP contribution in [0, 0.1) is 5.92 Å². The molecule has 1 aliphatic heterocycles. The first-order valence-electron chi connectivity index (χ1n) is 6.88. The van der Waals surface area contributed by atoms with Gasteiger partial charge in [-0.1, -0.05) is 0 Å². The standard InChI is InChI=1S/C13H22F2N2O/c1-9-2-3-11(8-16-9)17-12(18)10-4-6-13(14,15)7-5-10/h9-11,16H,2-8H2,1H3,(H,17,18). The molecule has 0 spiro atoms. The molecule has 2 aliphatic rings. The van der Waals surface area contributed by atoms with E-state index in [-0.39, 0.29) is 30.7 Å². The molecule has 1 heterocycles. The lowest BCUT2D eigenvalue weighted by molar-refractivity contribution is -0.130. The quantitative estimate of drug-likeness (QED) is 0.798. The third-order valence-corrected chi connectivity index (χ3v) is 4.10. The van der Waals surface area contributed by atoms with E-state index < -0.39 is 5.92 Å². The predicted molar refractivity (Wildman–Crippen MR) is 65.5 cm³/mol. The highest BCUT2D eigenvalue weighted by molar-refractivity contribution is 5.79. The van der Waals surface area contributed by atoms with Gasteiger partial charge in [-0.15, -0.1) is 0 Å². The number of nitrogens with one attached hydrogen (secondary N) is 2. The van der Waals surface area contributed by atoms with Gasteiger partial charge in [-0.05, 0) is 32.6 Å². The molecule has 0 aromatic rings. The normalized spacial score (nSPS) is 33.1. The zero-order valence-electron chi connectivity index (χ0n) is 10.8. The highest BCUT2D eigenvalue weighted by Crippen LogP contribution is 2.36. The maximum absolute atomic E-state index is 13.0. The van der Waals surface area contributed by atoms with Crippen LogP contribution < -0.4 is 10.6 Å². The van der Waals surface area contributed by atoms with Crippen LogP contribution in [0.5, 0.6) is 0 Å². The summed E-state index contributed by atoms with van der Waals surface area (Å²) in [6.45, 7) is 2.91. The molecule has 0 aromatic heterocycles. The minimum atomic E-state index is -2.56. The summed E-state index contributed by atoms with van der Waals surface area (Å²) in [6, 6.07) is 0.669. The number of halogens is 2. The molecule has 1 aliphatic carbocycles. The molecule has 0 aromatic carbocycles. The van der Waals surface area contributed by atoms with Crippen LogP contribution in [0.25, 0.3) is 0 Å². The third kappa shape index (κ3) is 3.64. The van der Waals surface area contributed by atoms with Gasteiger partial charge in [-0.25, -0.2) is 8.78 Å². The van der Waals surface area contributed by atoms with Crippen LogP contribution in [-0.4, -0.2) is 30.5 Å². The lowest BCUT2D eigenvalue weighted by Crippen LogP contribution is -2.50. The van der Waals surface area contributed by atoms with E-state index in [2.05, 4.69) is 17.6 Å². The van der Waals surface area contributed by atoms with E-state index >= 15 is 0 Å². The van der Waals surface area contributed by atoms with Crippen LogP contribution in [0.15, 0.2) is 0 Å². The SMILES string of the molecule is CC1CCC(NC(=O)C2CCC(F)(F)CC2)CN1. The maximum atomic E-state index is 13.0. The summed E-state index contributed by atoms with van der Waals surface area (Å²) in [4.78, 5) is 12.0. The van der Waals surface area contributed by atoms with E-state index in [0.717, 1.165) is 19.4 Å². The molecule has 2 atom stereocenters. The van der Waals surface area contributed by atoms with E-state index in [0.29, 0.717) is 18.9 Å². The molecule has 2 rings (SSSR count). The molecule has 5 heteroatoms. The summed E-state index contributed by atoms with van der Waals surface area (Å²) in [5, 5.41) is 6.31. The number of piperidine rings is 1. The van der Waals surface area contributed by atoms with E-state index in [1.807, 2.05) is 0 Å². The molecule has 1 saturated heterocycles. The summed E-state index contributed by atoms with van der Waals surface area (Å²) >= 11 is 0.